The summed E-state index contributed by atoms with van der Waals surface area (Å²) in [6, 6.07) is 24.3. The first kappa shape index (κ1) is 49.8. The number of hydrogen-bond acceptors (Lipinski definition) is 7. The number of benzene rings is 2. The highest BCUT2D eigenvalue weighted by Crippen LogP contribution is 2.47. The quantitative estimate of drug-likeness (QED) is 0.0693. The van der Waals surface area contributed by atoms with E-state index in [1.807, 2.05) is 38.1 Å². The Labute approximate surface area is 355 Å². The van der Waals surface area contributed by atoms with Crippen LogP contribution in [0.3, 0.4) is 0 Å². The van der Waals surface area contributed by atoms with E-state index in [-0.39, 0.29) is 17.2 Å². The SMILES string of the molecule is CC[Si](CC)(CC)O[C@@H](/C=C/C#C[Si](C)(C)C)C/C(C)=C/C(O)C(C)(C)[C@H]1C[C@@H](O[Si](c2ccccc2)(c2ccccc2)C(C)(C)C)C[C@@](OC)(C(C)C(=O)OC)O1. The molecule has 1 aliphatic heterocycles. The van der Waals surface area contributed by atoms with Crippen LogP contribution in [0.4, 0.5) is 0 Å². The topological polar surface area (TPSA) is 83.5 Å². The zero-order valence-electron chi connectivity index (χ0n) is 38.5. The van der Waals surface area contributed by atoms with E-state index in [1.165, 1.54) is 7.11 Å². The van der Waals surface area contributed by atoms with Gasteiger partial charge in [0, 0.05) is 18.9 Å². The van der Waals surface area contributed by atoms with E-state index in [0.29, 0.717) is 19.3 Å². The summed E-state index contributed by atoms with van der Waals surface area (Å²) in [5, 5.41) is 14.3. The van der Waals surface area contributed by atoms with Gasteiger partial charge in [0.15, 0.2) is 14.1 Å². The highest BCUT2D eigenvalue weighted by molar-refractivity contribution is 6.99. The number of methoxy groups -OCH3 is 2. The largest absolute Gasteiger partial charge is 0.469 e. The Hall–Kier alpha value is -2.60. The number of carbonyl (C=O) groups excluding carboxylic acids is 1. The van der Waals surface area contributed by atoms with Gasteiger partial charge in [-0.2, -0.15) is 0 Å². The molecule has 0 bridgehead atoms. The molecule has 7 nitrogen and oxygen atoms in total. The summed E-state index contributed by atoms with van der Waals surface area (Å²) in [5.74, 6) is 0.726. The minimum Gasteiger partial charge on any atom is -0.469 e. The molecule has 0 aromatic heterocycles. The fourth-order valence-electron chi connectivity index (χ4n) is 8.35. The van der Waals surface area contributed by atoms with Crippen molar-refractivity contribution in [1.82, 2.24) is 0 Å². The van der Waals surface area contributed by atoms with Crippen molar-refractivity contribution in [2.45, 2.75) is 162 Å². The lowest BCUT2D eigenvalue weighted by Gasteiger charge is -2.53. The lowest BCUT2D eigenvalue weighted by atomic mass is 9.74. The molecule has 2 aromatic rings. The second-order valence-corrected chi connectivity index (χ2v) is 32.7. The predicted octanol–water partition coefficient (Wildman–Crippen LogP) is 9.81. The van der Waals surface area contributed by atoms with Crippen LogP contribution in [-0.2, 0) is 27.9 Å². The molecule has 1 N–H and O–H groups in total. The van der Waals surface area contributed by atoms with Gasteiger partial charge in [-0.3, -0.25) is 4.79 Å². The molecule has 0 aliphatic carbocycles. The molecular weight excluding hydrogens is 773 g/mol. The Kier molecular flexibility index (Phi) is 17.8. The molecule has 3 rings (SSSR count). The van der Waals surface area contributed by atoms with Crippen molar-refractivity contribution in [3.8, 4) is 11.5 Å². The van der Waals surface area contributed by atoms with E-state index in [9.17, 15) is 9.90 Å². The lowest BCUT2D eigenvalue weighted by Crippen LogP contribution is -2.69. The highest BCUT2D eigenvalue weighted by Gasteiger charge is 2.57. The van der Waals surface area contributed by atoms with Crippen LogP contribution >= 0.6 is 0 Å². The van der Waals surface area contributed by atoms with Gasteiger partial charge in [-0.1, -0.05) is 153 Å². The second kappa shape index (κ2) is 20.8. The van der Waals surface area contributed by atoms with Crippen LogP contribution in [0.15, 0.2) is 84.5 Å². The summed E-state index contributed by atoms with van der Waals surface area (Å²) in [7, 11) is -3.51. The molecule has 1 fully saturated rings. The number of ether oxygens (including phenoxy) is 3. The zero-order valence-corrected chi connectivity index (χ0v) is 41.5. The molecule has 0 amide bonds. The molecule has 2 aromatic carbocycles. The van der Waals surface area contributed by atoms with Crippen LogP contribution in [0.25, 0.3) is 0 Å². The average Bonchev–Trinajstić information content (AvgIpc) is 3.19. The van der Waals surface area contributed by atoms with Crippen molar-refractivity contribution < 1.29 is 33.0 Å². The Morgan fingerprint density at radius 3 is 1.93 bits per heavy atom. The minimum atomic E-state index is -3.02. The molecular formula is C48H76O7Si3. The van der Waals surface area contributed by atoms with E-state index < -0.39 is 60.0 Å². The maximum Gasteiger partial charge on any atom is 0.313 e. The Morgan fingerprint density at radius 1 is 0.948 bits per heavy atom. The molecule has 1 aliphatic rings. The van der Waals surface area contributed by atoms with Gasteiger partial charge in [0.25, 0.3) is 8.32 Å². The van der Waals surface area contributed by atoms with Crippen LogP contribution in [0.1, 0.15) is 88.5 Å². The van der Waals surface area contributed by atoms with Crippen LogP contribution in [0.2, 0.25) is 42.8 Å². The second-order valence-electron chi connectivity index (χ2n) is 19.0. The average molecular weight is 849 g/mol. The molecule has 0 spiro atoms. The van der Waals surface area contributed by atoms with Crippen molar-refractivity contribution in [2.75, 3.05) is 14.2 Å². The molecule has 0 saturated carbocycles. The monoisotopic (exact) mass is 848 g/mol. The predicted molar refractivity (Wildman–Crippen MR) is 248 cm³/mol. The normalized spacial score (nSPS) is 21.6. The van der Waals surface area contributed by atoms with Crippen molar-refractivity contribution in [1.29, 1.82) is 0 Å². The molecule has 10 heteroatoms. The first-order chi connectivity index (χ1) is 27.1. The zero-order chi connectivity index (χ0) is 43.6. The van der Waals surface area contributed by atoms with Gasteiger partial charge >= 0.3 is 5.97 Å². The van der Waals surface area contributed by atoms with Gasteiger partial charge in [0.1, 0.15) is 14.0 Å². The van der Waals surface area contributed by atoms with Gasteiger partial charge in [-0.15, -0.1) is 5.54 Å². The Bertz CT molecular complexity index is 1670. The summed E-state index contributed by atoms with van der Waals surface area (Å²) < 4.78 is 33.3. The van der Waals surface area contributed by atoms with E-state index in [1.54, 1.807) is 14.0 Å². The van der Waals surface area contributed by atoms with Gasteiger partial charge in [-0.25, -0.2) is 0 Å². The number of esters is 1. The molecule has 322 valence electrons. The maximum absolute atomic E-state index is 13.3. The summed E-state index contributed by atoms with van der Waals surface area (Å²) in [6.45, 7) is 28.2. The Morgan fingerprint density at radius 2 is 1.48 bits per heavy atom. The molecule has 2 unspecified atom stereocenters. The molecule has 0 radical (unpaired) electrons. The standard InChI is InChI=1S/C48H76O7Si3/c1-16-57(17-2,18-3)54-39(27-25-26-32-56(13,14)15)33-37(4)34-43(49)47(9,10)44-35-40(36-48(52-12,53-44)38(5)45(50)51-11)55-58(46(6,7)8,41-28-21-19-22-29-41)42-30-23-20-24-31-42/h19-25,27-31,34,38-40,43-44,49H,16-18,33,35-36H2,1-15H3/b27-25+,37-34+/t38?,39-,40+,43?,44+,48-/m0/s1. The number of rotatable bonds is 18. The third kappa shape index (κ3) is 12.0. The van der Waals surface area contributed by atoms with Crippen LogP contribution < -0.4 is 10.4 Å². The third-order valence-electron chi connectivity index (χ3n) is 12.4. The van der Waals surface area contributed by atoms with Crippen molar-refractivity contribution in [3.05, 3.63) is 84.5 Å². The Balaban J connectivity index is 2.11. The molecule has 6 atom stereocenters. The number of allylic oxidation sites excluding steroid dienone is 1. The van der Waals surface area contributed by atoms with Gasteiger partial charge in [0.2, 0.25) is 0 Å². The van der Waals surface area contributed by atoms with Crippen LogP contribution in [-0.4, -0.2) is 80.2 Å². The van der Waals surface area contributed by atoms with Crippen LogP contribution in [0, 0.1) is 22.8 Å². The fourth-order valence-corrected chi connectivity index (χ4v) is 16.4. The van der Waals surface area contributed by atoms with Gasteiger partial charge in [-0.05, 0) is 72.4 Å². The number of aliphatic hydroxyl groups excluding tert-OH is 1. The summed E-state index contributed by atoms with van der Waals surface area (Å²) in [5.41, 5.74) is 3.64. The molecule has 1 saturated heterocycles. The van der Waals surface area contributed by atoms with Crippen molar-refractivity contribution >= 4 is 41.1 Å². The summed E-state index contributed by atoms with van der Waals surface area (Å²) >= 11 is 0. The van der Waals surface area contributed by atoms with E-state index >= 15 is 0 Å². The minimum absolute atomic E-state index is 0.147. The third-order valence-corrected chi connectivity index (χ3v) is 23.0. The van der Waals surface area contributed by atoms with E-state index in [4.69, 9.17) is 23.1 Å². The van der Waals surface area contributed by atoms with Crippen LogP contribution in [0.5, 0.6) is 0 Å². The lowest BCUT2D eigenvalue weighted by molar-refractivity contribution is -0.322. The first-order valence-corrected chi connectivity index (χ1v) is 29.3. The fraction of sp³-hybridized carbons (Fsp3) is 0.604. The molecule has 1 heterocycles. The highest BCUT2D eigenvalue weighted by atomic mass is 28.4. The smallest absolute Gasteiger partial charge is 0.313 e. The van der Waals surface area contributed by atoms with Crippen molar-refractivity contribution in [3.63, 3.8) is 0 Å². The van der Waals surface area contributed by atoms with Gasteiger partial charge in [0.05, 0.1) is 31.5 Å². The summed E-state index contributed by atoms with van der Waals surface area (Å²) in [6.07, 6.45) is 5.49. The van der Waals surface area contributed by atoms with E-state index in [2.05, 4.69) is 134 Å². The first-order valence-electron chi connectivity index (χ1n) is 21.4. The number of hydrogen-bond donors (Lipinski definition) is 1. The van der Waals surface area contributed by atoms with Crippen molar-refractivity contribution in [2.24, 2.45) is 11.3 Å². The van der Waals surface area contributed by atoms with Gasteiger partial charge < -0.3 is 28.2 Å². The molecule has 58 heavy (non-hydrogen) atoms. The van der Waals surface area contributed by atoms with E-state index in [0.717, 1.165) is 34.1 Å². The number of carbonyl (C=O) groups is 1. The maximum atomic E-state index is 13.3. The summed E-state index contributed by atoms with van der Waals surface area (Å²) in [4.78, 5) is 13.3. The number of aliphatic hydroxyl groups is 1.